The van der Waals surface area contributed by atoms with Gasteiger partial charge >= 0.3 is 0 Å². The molecule has 110 valence electrons. The van der Waals surface area contributed by atoms with Gasteiger partial charge in [-0.25, -0.2) is 0 Å². The van der Waals surface area contributed by atoms with E-state index in [9.17, 15) is 4.79 Å². The summed E-state index contributed by atoms with van der Waals surface area (Å²) >= 11 is 0. The molecule has 0 heterocycles. The molecular weight excluding hydrogens is 240 g/mol. The Labute approximate surface area is 116 Å². The van der Waals surface area contributed by atoms with Crippen molar-refractivity contribution >= 4 is 5.91 Å². The Hall–Kier alpha value is -0.610. The molecule has 3 N–H and O–H groups in total. The Morgan fingerprint density at radius 1 is 1.16 bits per heavy atom. The van der Waals surface area contributed by atoms with Gasteiger partial charge in [-0.3, -0.25) is 4.79 Å². The maximum atomic E-state index is 11.9. The first-order valence-corrected chi connectivity index (χ1v) is 7.85. The average Bonchev–Trinajstić information content (AvgIpc) is 3.15. The van der Waals surface area contributed by atoms with Crippen LogP contribution in [0.3, 0.4) is 0 Å². The lowest BCUT2D eigenvalue weighted by atomic mass is 10.0. The van der Waals surface area contributed by atoms with E-state index in [0.29, 0.717) is 12.6 Å². The molecule has 2 fully saturated rings. The summed E-state index contributed by atoms with van der Waals surface area (Å²) in [6.07, 6.45) is 10.6. The summed E-state index contributed by atoms with van der Waals surface area (Å²) < 4.78 is 0. The van der Waals surface area contributed by atoms with E-state index < -0.39 is 0 Å². The lowest BCUT2D eigenvalue weighted by Gasteiger charge is -2.18. The SMILES string of the molecule is O=C(CNCC1(CCO)CC1)NC1CCCCCC1. The summed E-state index contributed by atoms with van der Waals surface area (Å²) in [5.41, 5.74) is 0.289. The van der Waals surface area contributed by atoms with Gasteiger partial charge in [0.1, 0.15) is 0 Å². The molecule has 0 unspecified atom stereocenters. The number of amides is 1. The van der Waals surface area contributed by atoms with E-state index >= 15 is 0 Å². The smallest absolute Gasteiger partial charge is 0.234 e. The fourth-order valence-corrected chi connectivity index (χ4v) is 3.07. The molecule has 4 heteroatoms. The summed E-state index contributed by atoms with van der Waals surface area (Å²) in [4.78, 5) is 11.9. The molecule has 2 aliphatic rings. The van der Waals surface area contributed by atoms with Gasteiger partial charge in [0.2, 0.25) is 5.91 Å². The quantitative estimate of drug-likeness (QED) is 0.614. The minimum atomic E-state index is 0.131. The highest BCUT2D eigenvalue weighted by atomic mass is 16.3. The van der Waals surface area contributed by atoms with Crippen LogP contribution in [0, 0.1) is 5.41 Å². The fraction of sp³-hybridized carbons (Fsp3) is 0.933. The van der Waals surface area contributed by atoms with Gasteiger partial charge in [-0.05, 0) is 37.5 Å². The zero-order valence-electron chi connectivity index (χ0n) is 11.9. The second-order valence-corrected chi connectivity index (χ2v) is 6.33. The summed E-state index contributed by atoms with van der Waals surface area (Å²) in [5.74, 6) is 0.131. The maximum absolute atomic E-state index is 11.9. The summed E-state index contributed by atoms with van der Waals surface area (Å²) in [7, 11) is 0. The van der Waals surface area contributed by atoms with E-state index in [1.165, 1.54) is 38.5 Å². The minimum Gasteiger partial charge on any atom is -0.396 e. The number of hydrogen-bond donors (Lipinski definition) is 3. The average molecular weight is 268 g/mol. The van der Waals surface area contributed by atoms with Gasteiger partial charge in [-0.15, -0.1) is 0 Å². The number of carbonyl (C=O) groups excluding carboxylic acids is 1. The molecule has 19 heavy (non-hydrogen) atoms. The van der Waals surface area contributed by atoms with E-state index in [2.05, 4.69) is 10.6 Å². The van der Waals surface area contributed by atoms with Gasteiger partial charge in [0.15, 0.2) is 0 Å². The van der Waals surface area contributed by atoms with Crippen molar-refractivity contribution in [1.29, 1.82) is 0 Å². The van der Waals surface area contributed by atoms with Crippen molar-refractivity contribution in [2.45, 2.75) is 63.8 Å². The van der Waals surface area contributed by atoms with Crippen molar-refractivity contribution in [2.75, 3.05) is 19.7 Å². The van der Waals surface area contributed by atoms with Crippen molar-refractivity contribution in [2.24, 2.45) is 5.41 Å². The molecular formula is C15H28N2O2. The molecule has 0 saturated heterocycles. The number of aliphatic hydroxyl groups is 1. The highest BCUT2D eigenvalue weighted by Crippen LogP contribution is 2.47. The van der Waals surface area contributed by atoms with Crippen molar-refractivity contribution in [1.82, 2.24) is 10.6 Å². The lowest BCUT2D eigenvalue weighted by Crippen LogP contribution is -2.41. The number of rotatable bonds is 7. The van der Waals surface area contributed by atoms with E-state index in [-0.39, 0.29) is 17.9 Å². The number of nitrogens with one attached hydrogen (secondary N) is 2. The molecule has 0 bridgehead atoms. The molecule has 2 aliphatic carbocycles. The molecule has 4 nitrogen and oxygen atoms in total. The summed E-state index contributed by atoms with van der Waals surface area (Å²) in [6.45, 7) is 1.55. The van der Waals surface area contributed by atoms with Gasteiger partial charge in [0.25, 0.3) is 0 Å². The van der Waals surface area contributed by atoms with Gasteiger partial charge in [0, 0.05) is 19.2 Å². The predicted octanol–water partition coefficient (Wildman–Crippen LogP) is 1.58. The Morgan fingerprint density at radius 2 is 1.84 bits per heavy atom. The molecule has 0 radical (unpaired) electrons. The molecule has 2 rings (SSSR count). The summed E-state index contributed by atoms with van der Waals surface area (Å²) in [5, 5.41) is 15.4. The van der Waals surface area contributed by atoms with Crippen LogP contribution in [0.1, 0.15) is 57.8 Å². The van der Waals surface area contributed by atoms with Crippen molar-refractivity contribution in [3.63, 3.8) is 0 Å². The fourth-order valence-electron chi connectivity index (χ4n) is 3.07. The van der Waals surface area contributed by atoms with E-state index in [1.807, 2.05) is 0 Å². The van der Waals surface area contributed by atoms with Crippen LogP contribution < -0.4 is 10.6 Å². The third kappa shape index (κ3) is 5.11. The molecule has 0 atom stereocenters. The zero-order chi connectivity index (χ0) is 13.6. The van der Waals surface area contributed by atoms with E-state index in [0.717, 1.165) is 25.8 Å². The second-order valence-electron chi connectivity index (χ2n) is 6.33. The molecule has 0 aromatic rings. The monoisotopic (exact) mass is 268 g/mol. The molecule has 0 aromatic carbocycles. The molecule has 2 saturated carbocycles. The normalized spacial score (nSPS) is 22.8. The Morgan fingerprint density at radius 3 is 2.42 bits per heavy atom. The van der Waals surface area contributed by atoms with Gasteiger partial charge < -0.3 is 15.7 Å². The first-order chi connectivity index (χ1) is 9.24. The van der Waals surface area contributed by atoms with Crippen molar-refractivity contribution < 1.29 is 9.90 Å². The third-order valence-corrected chi connectivity index (χ3v) is 4.61. The van der Waals surface area contributed by atoms with Crippen LogP contribution in [0.25, 0.3) is 0 Å². The maximum Gasteiger partial charge on any atom is 0.234 e. The van der Waals surface area contributed by atoms with Gasteiger partial charge in [-0.1, -0.05) is 25.7 Å². The van der Waals surface area contributed by atoms with Gasteiger partial charge in [-0.2, -0.15) is 0 Å². The Bertz CT molecular complexity index is 282. The topological polar surface area (TPSA) is 61.4 Å². The number of hydrogen-bond acceptors (Lipinski definition) is 3. The molecule has 1 amide bonds. The highest BCUT2D eigenvalue weighted by molar-refractivity contribution is 5.78. The highest BCUT2D eigenvalue weighted by Gasteiger charge is 2.41. The summed E-state index contributed by atoms with van der Waals surface area (Å²) in [6, 6.07) is 0.393. The van der Waals surface area contributed by atoms with Crippen LogP contribution in [0.15, 0.2) is 0 Å². The first kappa shape index (κ1) is 14.8. The van der Waals surface area contributed by atoms with Crippen molar-refractivity contribution in [3.8, 4) is 0 Å². The number of carbonyl (C=O) groups is 1. The third-order valence-electron chi connectivity index (χ3n) is 4.61. The molecule has 0 aliphatic heterocycles. The molecule has 0 aromatic heterocycles. The minimum absolute atomic E-state index is 0.131. The first-order valence-electron chi connectivity index (χ1n) is 7.85. The van der Waals surface area contributed by atoms with Crippen LogP contribution in [0.2, 0.25) is 0 Å². The lowest BCUT2D eigenvalue weighted by molar-refractivity contribution is -0.121. The van der Waals surface area contributed by atoms with Crippen LogP contribution in [-0.2, 0) is 4.79 Å². The standard InChI is InChI=1S/C15H28N2O2/c18-10-9-15(7-8-15)12-16-11-14(19)17-13-5-3-1-2-4-6-13/h13,16,18H,1-12H2,(H,17,19). The largest absolute Gasteiger partial charge is 0.396 e. The van der Waals surface area contributed by atoms with E-state index in [1.54, 1.807) is 0 Å². The van der Waals surface area contributed by atoms with Crippen LogP contribution in [-0.4, -0.2) is 36.8 Å². The molecule has 0 spiro atoms. The van der Waals surface area contributed by atoms with Crippen LogP contribution in [0.4, 0.5) is 0 Å². The number of aliphatic hydroxyl groups excluding tert-OH is 1. The van der Waals surface area contributed by atoms with Crippen LogP contribution in [0.5, 0.6) is 0 Å². The van der Waals surface area contributed by atoms with E-state index in [4.69, 9.17) is 5.11 Å². The zero-order valence-corrected chi connectivity index (χ0v) is 11.9. The Kier molecular flexibility index (Phi) is 5.64. The van der Waals surface area contributed by atoms with Gasteiger partial charge in [0.05, 0.1) is 6.54 Å². The van der Waals surface area contributed by atoms with Crippen molar-refractivity contribution in [3.05, 3.63) is 0 Å². The Balaban J connectivity index is 1.59. The predicted molar refractivity (Wildman–Crippen MR) is 75.9 cm³/mol. The van der Waals surface area contributed by atoms with Crippen LogP contribution >= 0.6 is 0 Å². The second kappa shape index (κ2) is 7.25.